The van der Waals surface area contributed by atoms with Crippen molar-refractivity contribution in [3.8, 4) is 11.1 Å². The van der Waals surface area contributed by atoms with E-state index in [0.717, 1.165) is 17.8 Å². The lowest BCUT2D eigenvalue weighted by atomic mass is 9.90. The predicted molar refractivity (Wildman–Crippen MR) is 146 cm³/mol. The fourth-order valence-corrected chi connectivity index (χ4v) is 4.64. The topological polar surface area (TPSA) is 76.5 Å². The highest BCUT2D eigenvalue weighted by Gasteiger charge is 2.38. The largest absolute Gasteiger partial charge is 0.433 e. The Morgan fingerprint density at radius 2 is 1.80 bits per heavy atom. The highest BCUT2D eigenvalue weighted by molar-refractivity contribution is 6.05. The lowest BCUT2D eigenvalue weighted by Gasteiger charge is -2.20. The summed E-state index contributed by atoms with van der Waals surface area (Å²) < 4.78 is 53.7. The van der Waals surface area contributed by atoms with Crippen molar-refractivity contribution >= 4 is 11.6 Å². The van der Waals surface area contributed by atoms with E-state index in [1.807, 2.05) is 19.1 Å². The van der Waals surface area contributed by atoms with Crippen molar-refractivity contribution in [2.75, 3.05) is 0 Å². The number of nitrogens with one attached hydrogen (secondary N) is 1. The van der Waals surface area contributed by atoms with Gasteiger partial charge in [0.15, 0.2) is 5.60 Å². The summed E-state index contributed by atoms with van der Waals surface area (Å²) in [6.07, 6.45) is -1.45. The lowest BCUT2D eigenvalue weighted by Crippen LogP contribution is -2.27. The van der Waals surface area contributed by atoms with Crippen LogP contribution in [0.3, 0.4) is 0 Å². The second kappa shape index (κ2) is 10.8. The zero-order valence-electron chi connectivity index (χ0n) is 22.5. The number of oxime groups is 1. The van der Waals surface area contributed by atoms with Gasteiger partial charge < -0.3 is 10.2 Å². The van der Waals surface area contributed by atoms with E-state index in [1.54, 1.807) is 56.4 Å². The highest BCUT2D eigenvalue weighted by atomic mass is 19.4. The van der Waals surface area contributed by atoms with Gasteiger partial charge in [0.2, 0.25) is 0 Å². The number of nitrogens with zero attached hydrogens (tertiary/aromatic N) is 3. The molecule has 0 aliphatic carbocycles. The number of aromatic nitrogens is 2. The Kier molecular flexibility index (Phi) is 7.33. The average molecular weight is 563 g/mol. The smallest absolute Gasteiger partial charge is 0.382 e. The van der Waals surface area contributed by atoms with Crippen LogP contribution >= 0.6 is 0 Å². The third-order valence-corrected chi connectivity index (χ3v) is 6.96. The van der Waals surface area contributed by atoms with Gasteiger partial charge in [-0.25, -0.2) is 4.39 Å². The van der Waals surface area contributed by atoms with E-state index in [2.05, 4.69) is 20.4 Å². The average Bonchev–Trinajstić information content (AvgIpc) is 3.36. The molecule has 3 heterocycles. The number of carbonyl (C=O) groups excluding carboxylic acids is 1. The van der Waals surface area contributed by atoms with Crippen LogP contribution in [0, 0.1) is 12.7 Å². The first-order chi connectivity index (χ1) is 19.4. The van der Waals surface area contributed by atoms with E-state index in [9.17, 15) is 18.0 Å². The number of hydrogen-bond acceptors (Lipinski definition) is 5. The van der Waals surface area contributed by atoms with Crippen LogP contribution in [0.4, 0.5) is 17.6 Å². The fraction of sp³-hybridized carbons (Fsp3) is 0.226. The van der Waals surface area contributed by atoms with E-state index in [4.69, 9.17) is 4.84 Å². The molecule has 2 aromatic heterocycles. The summed E-state index contributed by atoms with van der Waals surface area (Å²) in [4.78, 5) is 27.1. The Morgan fingerprint density at radius 3 is 2.46 bits per heavy atom. The van der Waals surface area contributed by atoms with Crippen LogP contribution in [0.1, 0.15) is 64.7 Å². The number of rotatable bonds is 6. The number of carbonyl (C=O) groups is 1. The van der Waals surface area contributed by atoms with Crippen LogP contribution in [-0.2, 0) is 16.6 Å². The van der Waals surface area contributed by atoms with Crippen LogP contribution in [0.25, 0.3) is 11.1 Å². The van der Waals surface area contributed by atoms with Crippen LogP contribution in [-0.4, -0.2) is 21.6 Å². The highest BCUT2D eigenvalue weighted by Crippen LogP contribution is 2.36. The first-order valence-corrected chi connectivity index (χ1v) is 12.9. The number of pyridine rings is 2. The first-order valence-electron chi connectivity index (χ1n) is 12.9. The molecule has 0 saturated carbocycles. The Balaban J connectivity index is 1.47. The lowest BCUT2D eigenvalue weighted by molar-refractivity contribution is -0.141. The van der Waals surface area contributed by atoms with Crippen molar-refractivity contribution in [3.63, 3.8) is 0 Å². The second-order valence-corrected chi connectivity index (χ2v) is 10.2. The number of benzene rings is 2. The molecular weight excluding hydrogens is 536 g/mol. The van der Waals surface area contributed by atoms with E-state index >= 15 is 4.39 Å². The maximum atomic E-state index is 15.0. The number of halogens is 4. The Labute approximate surface area is 234 Å². The summed E-state index contributed by atoms with van der Waals surface area (Å²) >= 11 is 0. The molecule has 2 aromatic carbocycles. The zero-order valence-corrected chi connectivity index (χ0v) is 22.5. The standard InChI is InChI=1S/C31H26F4N4O2/c1-18-7-9-24(25(32)12-18)21-13-22(26-16-30(3,41-39-26)27-6-4-5-11-36-27)15-23(14-21)29(40)38-19(2)20-8-10-28(37-17-20)31(33,34)35/h4-15,17,19H,16H2,1-3H3,(H,38,40)/t19-,30?/m1/s1. The number of hydrogen-bond donors (Lipinski definition) is 1. The maximum absolute atomic E-state index is 15.0. The molecule has 1 aliphatic heterocycles. The van der Waals surface area contributed by atoms with Gasteiger partial charge in [0, 0.05) is 35.5 Å². The molecule has 0 fully saturated rings. The van der Waals surface area contributed by atoms with Crippen molar-refractivity contribution < 1.29 is 27.2 Å². The van der Waals surface area contributed by atoms with Crippen LogP contribution in [0.2, 0.25) is 0 Å². The van der Waals surface area contributed by atoms with Crippen molar-refractivity contribution in [2.24, 2.45) is 5.16 Å². The van der Waals surface area contributed by atoms with E-state index < -0.39 is 35.2 Å². The molecule has 1 aliphatic rings. The monoisotopic (exact) mass is 562 g/mol. The van der Waals surface area contributed by atoms with Gasteiger partial charge in [-0.1, -0.05) is 29.4 Å². The van der Waals surface area contributed by atoms with Gasteiger partial charge in [-0.05, 0) is 79.9 Å². The molecule has 0 spiro atoms. The molecule has 210 valence electrons. The minimum absolute atomic E-state index is 0.221. The zero-order chi connectivity index (χ0) is 29.4. The van der Waals surface area contributed by atoms with E-state index in [1.165, 1.54) is 12.1 Å². The molecule has 1 unspecified atom stereocenters. The first kappa shape index (κ1) is 27.9. The Bertz CT molecular complexity index is 1620. The van der Waals surface area contributed by atoms with Gasteiger partial charge in [0.1, 0.15) is 11.5 Å². The van der Waals surface area contributed by atoms with Crippen molar-refractivity contribution in [3.05, 3.63) is 119 Å². The van der Waals surface area contributed by atoms with Gasteiger partial charge in [-0.3, -0.25) is 14.8 Å². The second-order valence-electron chi connectivity index (χ2n) is 10.2. The quantitative estimate of drug-likeness (QED) is 0.254. The summed E-state index contributed by atoms with van der Waals surface area (Å²) in [6, 6.07) is 16.8. The number of alkyl halides is 3. The molecule has 0 bridgehead atoms. The summed E-state index contributed by atoms with van der Waals surface area (Å²) in [6.45, 7) is 5.28. The van der Waals surface area contributed by atoms with Gasteiger partial charge in [0.25, 0.3) is 5.91 Å². The van der Waals surface area contributed by atoms with Gasteiger partial charge in [-0.15, -0.1) is 0 Å². The fourth-order valence-electron chi connectivity index (χ4n) is 4.64. The van der Waals surface area contributed by atoms with Crippen molar-refractivity contribution in [1.29, 1.82) is 0 Å². The molecule has 0 saturated heterocycles. The van der Waals surface area contributed by atoms with E-state index in [-0.39, 0.29) is 5.56 Å². The minimum atomic E-state index is -4.56. The normalized spacial score (nSPS) is 17.5. The van der Waals surface area contributed by atoms with E-state index in [0.29, 0.717) is 40.1 Å². The molecular formula is C31H26F4N4O2. The van der Waals surface area contributed by atoms with Crippen LogP contribution in [0.15, 0.2) is 84.3 Å². The van der Waals surface area contributed by atoms with Gasteiger partial charge in [-0.2, -0.15) is 13.2 Å². The minimum Gasteiger partial charge on any atom is -0.382 e. The molecule has 41 heavy (non-hydrogen) atoms. The van der Waals surface area contributed by atoms with Crippen LogP contribution in [0.5, 0.6) is 0 Å². The van der Waals surface area contributed by atoms with Gasteiger partial charge in [0.05, 0.1) is 17.4 Å². The molecule has 10 heteroatoms. The molecule has 1 N–H and O–H groups in total. The SMILES string of the molecule is Cc1ccc(-c2cc(C(=O)N[C@H](C)c3ccc(C(F)(F)F)nc3)cc(C3=NOC(C)(c4ccccn4)C3)c2)c(F)c1. The van der Waals surface area contributed by atoms with Crippen LogP contribution < -0.4 is 5.32 Å². The van der Waals surface area contributed by atoms with Crippen molar-refractivity contribution in [1.82, 2.24) is 15.3 Å². The predicted octanol–water partition coefficient (Wildman–Crippen LogP) is 7.14. The Morgan fingerprint density at radius 1 is 1.02 bits per heavy atom. The third kappa shape index (κ3) is 5.96. The number of amides is 1. The maximum Gasteiger partial charge on any atom is 0.433 e. The molecule has 6 nitrogen and oxygen atoms in total. The molecule has 4 aromatic rings. The summed E-state index contributed by atoms with van der Waals surface area (Å²) in [7, 11) is 0. The summed E-state index contributed by atoms with van der Waals surface area (Å²) in [5.74, 6) is -0.944. The molecule has 5 rings (SSSR count). The van der Waals surface area contributed by atoms with Gasteiger partial charge >= 0.3 is 6.18 Å². The summed E-state index contributed by atoms with van der Waals surface area (Å²) in [5, 5.41) is 7.09. The van der Waals surface area contributed by atoms with Crippen molar-refractivity contribution in [2.45, 2.75) is 45.0 Å². The summed E-state index contributed by atoms with van der Waals surface area (Å²) in [5.41, 5.74) is 2.10. The third-order valence-electron chi connectivity index (χ3n) is 6.96. The molecule has 2 atom stereocenters. The Hall–Kier alpha value is -4.60. The number of aryl methyl sites for hydroxylation is 1. The molecule has 1 amide bonds. The molecule has 0 radical (unpaired) electrons.